The fourth-order valence-corrected chi connectivity index (χ4v) is 2.78. The van der Waals surface area contributed by atoms with Crippen LogP contribution in [0.4, 0.5) is 11.4 Å². The lowest BCUT2D eigenvalue weighted by atomic mass is 10.1. The second kappa shape index (κ2) is 5.83. The molecule has 0 saturated heterocycles. The van der Waals surface area contributed by atoms with Gasteiger partial charge in [0, 0.05) is 11.8 Å². The van der Waals surface area contributed by atoms with Gasteiger partial charge in [-0.05, 0) is 25.0 Å². The summed E-state index contributed by atoms with van der Waals surface area (Å²) >= 11 is 1.13. The van der Waals surface area contributed by atoms with Gasteiger partial charge in [-0.25, -0.2) is 0 Å². The molecule has 1 N–H and O–H groups in total. The fourth-order valence-electron chi connectivity index (χ4n) is 1.90. The first-order valence-corrected chi connectivity index (χ1v) is 6.98. The van der Waals surface area contributed by atoms with Gasteiger partial charge in [-0.3, -0.25) is 14.9 Å². The number of carbonyl (C=O) groups excluding carboxylic acids is 1. The standard InChI is InChI=1S/C14H14N2O3S/c1-3-10-6-4-5-7-11(10)15-14(17)13-8-12(16(18)19)9(2)20-13/h4-8H,3H2,1-2H3,(H,15,17). The molecule has 0 atom stereocenters. The maximum atomic E-state index is 12.1. The van der Waals surface area contributed by atoms with Gasteiger partial charge in [0.05, 0.1) is 14.7 Å². The number of aryl methyl sites for hydroxylation is 2. The highest BCUT2D eigenvalue weighted by molar-refractivity contribution is 7.14. The number of hydrogen-bond donors (Lipinski definition) is 1. The van der Waals surface area contributed by atoms with Crippen LogP contribution in [0.2, 0.25) is 0 Å². The Morgan fingerprint density at radius 1 is 1.40 bits per heavy atom. The molecular weight excluding hydrogens is 276 g/mol. The molecule has 0 aliphatic rings. The molecule has 0 saturated carbocycles. The Morgan fingerprint density at radius 3 is 2.70 bits per heavy atom. The van der Waals surface area contributed by atoms with Gasteiger partial charge in [-0.15, -0.1) is 11.3 Å². The minimum atomic E-state index is -0.470. The lowest BCUT2D eigenvalue weighted by Crippen LogP contribution is -2.11. The first-order chi connectivity index (χ1) is 9.52. The molecule has 1 amide bonds. The predicted molar refractivity (Wildman–Crippen MR) is 79.5 cm³/mol. The maximum absolute atomic E-state index is 12.1. The van der Waals surface area contributed by atoms with E-state index in [0.29, 0.717) is 9.75 Å². The average molecular weight is 290 g/mol. The van der Waals surface area contributed by atoms with Gasteiger partial charge in [-0.2, -0.15) is 0 Å². The molecule has 6 heteroatoms. The SMILES string of the molecule is CCc1ccccc1NC(=O)c1cc([N+](=O)[O-])c(C)s1. The monoisotopic (exact) mass is 290 g/mol. The molecule has 2 aromatic rings. The number of nitrogens with one attached hydrogen (secondary N) is 1. The van der Waals surface area contributed by atoms with Crippen LogP contribution in [-0.2, 0) is 6.42 Å². The number of benzene rings is 1. The summed E-state index contributed by atoms with van der Waals surface area (Å²) in [7, 11) is 0. The number of thiophene rings is 1. The van der Waals surface area contributed by atoms with E-state index in [2.05, 4.69) is 5.32 Å². The van der Waals surface area contributed by atoms with Gasteiger partial charge >= 0.3 is 0 Å². The number of rotatable bonds is 4. The van der Waals surface area contributed by atoms with Crippen molar-refractivity contribution in [3.63, 3.8) is 0 Å². The Kier molecular flexibility index (Phi) is 4.14. The molecule has 0 fully saturated rings. The van der Waals surface area contributed by atoms with E-state index < -0.39 is 4.92 Å². The second-order valence-corrected chi connectivity index (χ2v) is 5.53. The fraction of sp³-hybridized carbons (Fsp3) is 0.214. The van der Waals surface area contributed by atoms with E-state index >= 15 is 0 Å². The minimum Gasteiger partial charge on any atom is -0.321 e. The van der Waals surface area contributed by atoms with E-state index in [-0.39, 0.29) is 11.6 Å². The topological polar surface area (TPSA) is 72.2 Å². The molecule has 104 valence electrons. The predicted octanol–water partition coefficient (Wildman–Crippen LogP) is 3.78. The number of amides is 1. The van der Waals surface area contributed by atoms with Crippen molar-refractivity contribution in [3.05, 3.63) is 55.8 Å². The largest absolute Gasteiger partial charge is 0.321 e. The number of carbonyl (C=O) groups is 1. The third kappa shape index (κ3) is 2.85. The number of anilines is 1. The first-order valence-electron chi connectivity index (χ1n) is 6.17. The molecule has 0 radical (unpaired) electrons. The Bertz CT molecular complexity index is 664. The van der Waals surface area contributed by atoms with Crippen LogP contribution < -0.4 is 5.32 Å². The molecule has 1 aromatic heterocycles. The van der Waals surface area contributed by atoms with Crippen LogP contribution in [0, 0.1) is 17.0 Å². The van der Waals surface area contributed by atoms with E-state index in [1.165, 1.54) is 6.07 Å². The molecule has 0 spiro atoms. The minimum absolute atomic E-state index is 0.0103. The van der Waals surface area contributed by atoms with Gasteiger partial charge in [-0.1, -0.05) is 25.1 Å². The van der Waals surface area contributed by atoms with Crippen LogP contribution in [0.1, 0.15) is 27.0 Å². The van der Waals surface area contributed by atoms with Crippen LogP contribution in [0.25, 0.3) is 0 Å². The highest BCUT2D eigenvalue weighted by Crippen LogP contribution is 2.29. The Morgan fingerprint density at radius 2 is 2.10 bits per heavy atom. The number of nitrogens with zero attached hydrogens (tertiary/aromatic N) is 1. The van der Waals surface area contributed by atoms with Gasteiger partial charge < -0.3 is 5.32 Å². The van der Waals surface area contributed by atoms with Crippen LogP contribution in [-0.4, -0.2) is 10.8 Å². The third-order valence-electron chi connectivity index (χ3n) is 2.96. The highest BCUT2D eigenvalue weighted by atomic mass is 32.1. The molecule has 1 aromatic carbocycles. The normalized spacial score (nSPS) is 10.3. The lowest BCUT2D eigenvalue weighted by Gasteiger charge is -2.08. The van der Waals surface area contributed by atoms with Crippen LogP contribution in [0.5, 0.6) is 0 Å². The van der Waals surface area contributed by atoms with Crippen molar-refractivity contribution < 1.29 is 9.72 Å². The quantitative estimate of drug-likeness (QED) is 0.688. The van der Waals surface area contributed by atoms with Gasteiger partial charge in [0.2, 0.25) is 0 Å². The average Bonchev–Trinajstić information content (AvgIpc) is 2.81. The summed E-state index contributed by atoms with van der Waals surface area (Å²) in [4.78, 5) is 23.4. The van der Waals surface area contributed by atoms with Crippen molar-refractivity contribution in [2.45, 2.75) is 20.3 Å². The van der Waals surface area contributed by atoms with E-state index in [1.54, 1.807) is 6.92 Å². The highest BCUT2D eigenvalue weighted by Gasteiger charge is 2.19. The summed E-state index contributed by atoms with van der Waals surface area (Å²) in [5.41, 5.74) is 1.77. The van der Waals surface area contributed by atoms with Gasteiger partial charge in [0.15, 0.2) is 0 Å². The van der Waals surface area contributed by atoms with Crippen molar-refractivity contribution in [1.82, 2.24) is 0 Å². The summed E-state index contributed by atoms with van der Waals surface area (Å²) < 4.78 is 0. The zero-order valence-electron chi connectivity index (χ0n) is 11.2. The molecule has 2 rings (SSSR count). The molecule has 0 bridgehead atoms. The van der Waals surface area contributed by atoms with Crippen molar-refractivity contribution in [2.75, 3.05) is 5.32 Å². The van der Waals surface area contributed by atoms with Crippen molar-refractivity contribution >= 4 is 28.6 Å². The van der Waals surface area contributed by atoms with Gasteiger partial charge in [0.1, 0.15) is 0 Å². The maximum Gasteiger partial charge on any atom is 0.283 e. The Labute approximate surface area is 120 Å². The zero-order chi connectivity index (χ0) is 14.7. The molecule has 1 heterocycles. The van der Waals surface area contributed by atoms with Crippen LogP contribution in [0.15, 0.2) is 30.3 Å². The van der Waals surface area contributed by atoms with E-state index in [9.17, 15) is 14.9 Å². The number of nitro groups is 1. The van der Waals surface area contributed by atoms with Crippen LogP contribution in [0.3, 0.4) is 0 Å². The summed E-state index contributed by atoms with van der Waals surface area (Å²) in [6, 6.07) is 8.85. The van der Waals surface area contributed by atoms with Gasteiger partial charge in [0.25, 0.3) is 11.6 Å². The summed E-state index contributed by atoms with van der Waals surface area (Å²) in [6.07, 6.45) is 0.806. The third-order valence-corrected chi connectivity index (χ3v) is 4.00. The molecule has 0 unspecified atom stereocenters. The second-order valence-electron chi connectivity index (χ2n) is 4.27. The molecule has 0 aliphatic carbocycles. The summed E-state index contributed by atoms with van der Waals surface area (Å²) in [6.45, 7) is 3.64. The zero-order valence-corrected chi connectivity index (χ0v) is 12.0. The van der Waals surface area contributed by atoms with Crippen molar-refractivity contribution in [3.8, 4) is 0 Å². The Hall–Kier alpha value is -2.21. The summed E-state index contributed by atoms with van der Waals surface area (Å²) in [5, 5.41) is 13.6. The van der Waals surface area contributed by atoms with E-state index in [4.69, 9.17) is 0 Å². The summed E-state index contributed by atoms with van der Waals surface area (Å²) in [5.74, 6) is -0.313. The lowest BCUT2D eigenvalue weighted by molar-refractivity contribution is -0.385. The van der Waals surface area contributed by atoms with E-state index in [0.717, 1.165) is 29.0 Å². The molecule has 20 heavy (non-hydrogen) atoms. The van der Waals surface area contributed by atoms with Crippen molar-refractivity contribution in [1.29, 1.82) is 0 Å². The van der Waals surface area contributed by atoms with Crippen LogP contribution >= 0.6 is 11.3 Å². The number of hydrogen-bond acceptors (Lipinski definition) is 4. The van der Waals surface area contributed by atoms with Crippen molar-refractivity contribution in [2.24, 2.45) is 0 Å². The molecular formula is C14H14N2O3S. The molecule has 0 aliphatic heterocycles. The number of para-hydroxylation sites is 1. The first kappa shape index (κ1) is 14.2. The Balaban J connectivity index is 2.24. The smallest absolute Gasteiger partial charge is 0.283 e. The molecule has 5 nitrogen and oxygen atoms in total. The van der Waals surface area contributed by atoms with E-state index in [1.807, 2.05) is 31.2 Å².